The van der Waals surface area contributed by atoms with Gasteiger partial charge in [0, 0.05) is 19.4 Å². The summed E-state index contributed by atoms with van der Waals surface area (Å²) in [7, 11) is 1.60. The highest BCUT2D eigenvalue weighted by molar-refractivity contribution is 5.92. The fourth-order valence-corrected chi connectivity index (χ4v) is 2.62. The number of amides is 1. The Kier molecular flexibility index (Phi) is 11.5. The maximum Gasteiger partial charge on any atom is 0.303 e. The number of carbonyl (C=O) groups is 2. The van der Waals surface area contributed by atoms with Crippen molar-refractivity contribution in [2.45, 2.75) is 39.0 Å². The van der Waals surface area contributed by atoms with E-state index in [0.29, 0.717) is 31.6 Å². The molecule has 1 N–H and O–H groups in total. The standard InChI is InChI=1S/C23H30N2O4/c1-4-15-25(18-26)22(11-7-8-12-23(27)28)24-21-17-20(14-13-19(21)2)10-6-5-9-16-29-3/h4-6,9,13-14,16-18H,1,7-8,10-12,15H2,2-3H3,(H,27,28)/b6-5?,16-9-,24-22?. The van der Waals surface area contributed by atoms with Crippen molar-refractivity contribution in [3.05, 3.63) is 66.5 Å². The molecule has 0 saturated carbocycles. The predicted octanol–water partition coefficient (Wildman–Crippen LogP) is 4.57. The van der Waals surface area contributed by atoms with Crippen LogP contribution in [0.2, 0.25) is 0 Å². The minimum absolute atomic E-state index is 0.105. The molecule has 0 heterocycles. The number of hydrogen-bond donors (Lipinski definition) is 1. The second-order valence-corrected chi connectivity index (χ2v) is 6.49. The van der Waals surface area contributed by atoms with Crippen molar-refractivity contribution >= 4 is 23.9 Å². The molecule has 0 radical (unpaired) electrons. The quantitative estimate of drug-likeness (QED) is 0.100. The molecule has 0 aliphatic carbocycles. The van der Waals surface area contributed by atoms with Gasteiger partial charge in [-0.3, -0.25) is 14.5 Å². The van der Waals surface area contributed by atoms with Crippen LogP contribution in [0.4, 0.5) is 5.69 Å². The molecule has 0 aliphatic heterocycles. The number of rotatable bonds is 13. The Morgan fingerprint density at radius 3 is 2.69 bits per heavy atom. The zero-order valence-corrected chi connectivity index (χ0v) is 17.2. The lowest BCUT2D eigenvalue weighted by atomic mass is 10.1. The zero-order valence-electron chi connectivity index (χ0n) is 17.2. The van der Waals surface area contributed by atoms with E-state index < -0.39 is 5.97 Å². The van der Waals surface area contributed by atoms with E-state index in [1.54, 1.807) is 19.4 Å². The molecule has 1 aromatic rings. The fraction of sp³-hybridized carbons (Fsp3) is 0.348. The van der Waals surface area contributed by atoms with Crippen molar-refractivity contribution in [2.75, 3.05) is 13.7 Å². The van der Waals surface area contributed by atoms with Gasteiger partial charge in [0.05, 0.1) is 19.1 Å². The maximum absolute atomic E-state index is 11.5. The number of carbonyl (C=O) groups excluding carboxylic acids is 1. The van der Waals surface area contributed by atoms with Gasteiger partial charge in [-0.1, -0.05) is 30.4 Å². The van der Waals surface area contributed by atoms with Crippen LogP contribution < -0.4 is 0 Å². The Hall–Kier alpha value is -3.15. The predicted molar refractivity (Wildman–Crippen MR) is 116 cm³/mol. The molecule has 0 spiro atoms. The molecular weight excluding hydrogens is 368 g/mol. The Labute approximate surface area is 172 Å². The summed E-state index contributed by atoms with van der Waals surface area (Å²) in [6, 6.07) is 6.06. The minimum Gasteiger partial charge on any atom is -0.504 e. The fourth-order valence-electron chi connectivity index (χ4n) is 2.62. The molecule has 1 amide bonds. The van der Waals surface area contributed by atoms with Crippen molar-refractivity contribution in [3.63, 3.8) is 0 Å². The first-order chi connectivity index (χ1) is 14.0. The van der Waals surface area contributed by atoms with E-state index in [-0.39, 0.29) is 6.42 Å². The van der Waals surface area contributed by atoms with Gasteiger partial charge in [0.25, 0.3) is 0 Å². The van der Waals surface area contributed by atoms with Gasteiger partial charge in [0.15, 0.2) is 0 Å². The number of amidine groups is 1. The van der Waals surface area contributed by atoms with Gasteiger partial charge in [-0.05, 0) is 49.5 Å². The first-order valence-electron chi connectivity index (χ1n) is 9.58. The van der Waals surface area contributed by atoms with Gasteiger partial charge < -0.3 is 9.84 Å². The van der Waals surface area contributed by atoms with Crippen LogP contribution >= 0.6 is 0 Å². The molecule has 0 atom stereocenters. The number of aryl methyl sites for hydroxylation is 1. The van der Waals surface area contributed by atoms with Crippen LogP contribution in [-0.4, -0.2) is 41.9 Å². The van der Waals surface area contributed by atoms with Crippen molar-refractivity contribution in [1.82, 2.24) is 4.90 Å². The second kappa shape index (κ2) is 13.9. The van der Waals surface area contributed by atoms with E-state index in [0.717, 1.165) is 29.6 Å². The third-order valence-corrected chi connectivity index (χ3v) is 4.16. The summed E-state index contributed by atoms with van der Waals surface area (Å²) >= 11 is 0. The molecule has 0 saturated heterocycles. The van der Waals surface area contributed by atoms with Crippen molar-refractivity contribution in [1.29, 1.82) is 0 Å². The van der Waals surface area contributed by atoms with Crippen LogP contribution in [0.1, 0.15) is 36.8 Å². The Bertz CT molecular complexity index is 766. The van der Waals surface area contributed by atoms with Crippen molar-refractivity contribution in [2.24, 2.45) is 4.99 Å². The zero-order chi connectivity index (χ0) is 21.5. The minimum atomic E-state index is -0.821. The number of allylic oxidation sites excluding steroid dienone is 3. The van der Waals surface area contributed by atoms with Gasteiger partial charge in [0.1, 0.15) is 5.84 Å². The number of aliphatic imine (C=N–C) groups is 1. The summed E-state index contributed by atoms with van der Waals surface area (Å²) in [5, 5.41) is 8.81. The highest BCUT2D eigenvalue weighted by Gasteiger charge is 2.11. The molecule has 0 fully saturated rings. The van der Waals surface area contributed by atoms with Gasteiger partial charge in [-0.25, -0.2) is 4.99 Å². The second-order valence-electron chi connectivity index (χ2n) is 6.49. The van der Waals surface area contributed by atoms with Crippen LogP contribution in [0.15, 0.2) is 60.3 Å². The maximum atomic E-state index is 11.5. The highest BCUT2D eigenvalue weighted by atomic mass is 16.5. The Morgan fingerprint density at radius 2 is 2.03 bits per heavy atom. The molecule has 6 nitrogen and oxygen atoms in total. The lowest BCUT2D eigenvalue weighted by Crippen LogP contribution is -2.29. The highest BCUT2D eigenvalue weighted by Crippen LogP contribution is 2.22. The topological polar surface area (TPSA) is 79.2 Å². The molecule has 156 valence electrons. The van der Waals surface area contributed by atoms with E-state index in [4.69, 9.17) is 14.8 Å². The molecular formula is C23H30N2O4. The summed E-state index contributed by atoms with van der Waals surface area (Å²) in [5.74, 6) is -0.206. The van der Waals surface area contributed by atoms with E-state index in [2.05, 4.69) is 6.58 Å². The largest absolute Gasteiger partial charge is 0.504 e. The molecule has 1 aromatic carbocycles. The number of carboxylic acid groups (broad SMARTS) is 1. The lowest BCUT2D eigenvalue weighted by molar-refractivity contribution is -0.137. The van der Waals surface area contributed by atoms with Gasteiger partial charge in [-0.2, -0.15) is 0 Å². The number of methoxy groups -OCH3 is 1. The summed E-state index contributed by atoms with van der Waals surface area (Å²) in [6.07, 6.45) is 12.3. The molecule has 0 aliphatic rings. The molecule has 0 bridgehead atoms. The van der Waals surface area contributed by atoms with Gasteiger partial charge in [0.2, 0.25) is 6.41 Å². The third-order valence-electron chi connectivity index (χ3n) is 4.16. The monoisotopic (exact) mass is 398 g/mol. The number of hydrogen-bond acceptors (Lipinski definition) is 4. The summed E-state index contributed by atoms with van der Waals surface area (Å²) < 4.78 is 4.86. The van der Waals surface area contributed by atoms with Gasteiger partial charge in [-0.15, -0.1) is 6.58 Å². The SMILES string of the molecule is C=CCN(C=O)C(CCCCC(=O)O)=Nc1cc(CC=C/C=C\OC)ccc1C. The normalized spacial score (nSPS) is 11.7. The number of benzene rings is 1. The van der Waals surface area contributed by atoms with E-state index in [1.807, 2.05) is 43.4 Å². The van der Waals surface area contributed by atoms with Crippen LogP contribution in [0, 0.1) is 6.92 Å². The molecule has 0 unspecified atom stereocenters. The molecule has 0 aromatic heterocycles. The van der Waals surface area contributed by atoms with Crippen molar-refractivity contribution < 1.29 is 19.4 Å². The number of nitrogens with zero attached hydrogens (tertiary/aromatic N) is 2. The summed E-state index contributed by atoms with van der Waals surface area (Å²) in [6.45, 7) is 6.02. The number of carboxylic acids is 1. The molecule has 1 rings (SSSR count). The Morgan fingerprint density at radius 1 is 1.28 bits per heavy atom. The van der Waals surface area contributed by atoms with Crippen LogP contribution in [0.3, 0.4) is 0 Å². The first kappa shape index (κ1) is 23.9. The lowest BCUT2D eigenvalue weighted by Gasteiger charge is -2.18. The van der Waals surface area contributed by atoms with E-state index in [1.165, 1.54) is 4.90 Å². The number of unbranched alkanes of at least 4 members (excludes halogenated alkanes) is 1. The third kappa shape index (κ3) is 9.55. The van der Waals surface area contributed by atoms with Crippen LogP contribution in [-0.2, 0) is 20.7 Å². The average Bonchev–Trinajstić information content (AvgIpc) is 2.70. The van der Waals surface area contributed by atoms with Crippen LogP contribution in [0.25, 0.3) is 0 Å². The summed E-state index contributed by atoms with van der Waals surface area (Å²) in [5.41, 5.74) is 2.90. The molecule has 29 heavy (non-hydrogen) atoms. The van der Waals surface area contributed by atoms with Crippen LogP contribution in [0.5, 0.6) is 0 Å². The number of aliphatic carboxylic acids is 1. The Balaban J connectivity index is 3.04. The van der Waals surface area contributed by atoms with Crippen molar-refractivity contribution in [3.8, 4) is 0 Å². The first-order valence-corrected chi connectivity index (χ1v) is 9.58. The van der Waals surface area contributed by atoms with E-state index >= 15 is 0 Å². The van der Waals surface area contributed by atoms with Gasteiger partial charge >= 0.3 is 5.97 Å². The average molecular weight is 399 g/mol. The smallest absolute Gasteiger partial charge is 0.303 e. The summed E-state index contributed by atoms with van der Waals surface area (Å²) in [4.78, 5) is 28.5. The number of ether oxygens (including phenoxy) is 1. The molecule has 6 heteroatoms. The van der Waals surface area contributed by atoms with E-state index in [9.17, 15) is 9.59 Å².